The molecule has 0 radical (unpaired) electrons. The number of aromatic amines is 1. The Balaban J connectivity index is 1.67. The van der Waals surface area contributed by atoms with E-state index in [1.807, 2.05) is 0 Å². The van der Waals surface area contributed by atoms with Crippen molar-refractivity contribution in [2.75, 3.05) is 0 Å². The van der Waals surface area contributed by atoms with E-state index >= 15 is 0 Å². The van der Waals surface area contributed by atoms with Gasteiger partial charge in [0.05, 0.1) is 0 Å². The second-order valence-corrected chi connectivity index (χ2v) is 5.22. The van der Waals surface area contributed by atoms with Crippen molar-refractivity contribution in [2.24, 2.45) is 0 Å². The minimum absolute atomic E-state index is 0.325. The molecule has 1 N–H and O–H groups in total. The highest BCUT2D eigenvalue weighted by atomic mass is 32.2. The fourth-order valence-electron chi connectivity index (χ4n) is 1.66. The summed E-state index contributed by atoms with van der Waals surface area (Å²) in [5.74, 6) is 0.130. The van der Waals surface area contributed by atoms with Gasteiger partial charge in [-0.15, -0.1) is 5.10 Å². The minimum atomic E-state index is -0.818. The van der Waals surface area contributed by atoms with Crippen molar-refractivity contribution in [3.63, 3.8) is 0 Å². The van der Waals surface area contributed by atoms with Gasteiger partial charge in [0.15, 0.2) is 11.6 Å². The molecule has 1 aliphatic rings. The van der Waals surface area contributed by atoms with Gasteiger partial charge in [-0.05, 0) is 18.9 Å². The summed E-state index contributed by atoms with van der Waals surface area (Å²) in [6, 6.07) is 4.18. The standard InChI is InChI=1S/C12H11F2N3S/c13-9-3-1-2-8(10(9)14)6-18-12-15-11(16-17-12)7-4-5-7/h1-3,7H,4-6H2,(H,15,16,17). The van der Waals surface area contributed by atoms with Crippen molar-refractivity contribution in [1.29, 1.82) is 0 Å². The van der Waals surface area contributed by atoms with Crippen molar-refractivity contribution in [1.82, 2.24) is 15.2 Å². The largest absolute Gasteiger partial charge is 0.262 e. The fraction of sp³-hybridized carbons (Fsp3) is 0.333. The Kier molecular flexibility index (Phi) is 3.03. The zero-order chi connectivity index (χ0) is 12.5. The summed E-state index contributed by atoms with van der Waals surface area (Å²) < 4.78 is 26.4. The molecule has 0 spiro atoms. The summed E-state index contributed by atoms with van der Waals surface area (Å²) in [5.41, 5.74) is 0.331. The molecular formula is C12H11F2N3S. The maximum atomic E-state index is 13.4. The van der Waals surface area contributed by atoms with Crippen LogP contribution in [0.4, 0.5) is 8.78 Å². The molecule has 3 nitrogen and oxygen atoms in total. The first-order chi connectivity index (χ1) is 8.74. The Morgan fingerprint density at radius 2 is 2.17 bits per heavy atom. The molecule has 0 atom stereocenters. The van der Waals surface area contributed by atoms with Gasteiger partial charge in [-0.3, -0.25) is 5.10 Å². The molecule has 0 aliphatic heterocycles. The molecule has 2 aromatic rings. The summed E-state index contributed by atoms with van der Waals surface area (Å²) in [7, 11) is 0. The number of aromatic nitrogens is 3. The third kappa shape index (κ3) is 2.38. The molecule has 94 valence electrons. The quantitative estimate of drug-likeness (QED) is 0.864. The lowest BCUT2D eigenvalue weighted by molar-refractivity contribution is 0.502. The van der Waals surface area contributed by atoms with Crippen molar-refractivity contribution in [3.8, 4) is 0 Å². The Morgan fingerprint density at radius 1 is 1.33 bits per heavy atom. The van der Waals surface area contributed by atoms with Crippen molar-refractivity contribution in [2.45, 2.75) is 29.7 Å². The van der Waals surface area contributed by atoms with Crippen molar-refractivity contribution in [3.05, 3.63) is 41.2 Å². The van der Waals surface area contributed by atoms with Crippen LogP contribution < -0.4 is 0 Å². The van der Waals surface area contributed by atoms with Gasteiger partial charge in [-0.1, -0.05) is 23.9 Å². The van der Waals surface area contributed by atoms with E-state index in [-0.39, 0.29) is 0 Å². The predicted molar refractivity (Wildman–Crippen MR) is 64.3 cm³/mol. The molecule has 3 rings (SSSR count). The second kappa shape index (κ2) is 4.68. The summed E-state index contributed by atoms with van der Waals surface area (Å²) >= 11 is 1.30. The van der Waals surface area contributed by atoms with E-state index in [0.29, 0.717) is 22.4 Å². The van der Waals surface area contributed by atoms with Gasteiger partial charge in [0.1, 0.15) is 5.82 Å². The lowest BCUT2D eigenvalue weighted by Gasteiger charge is -2.01. The van der Waals surface area contributed by atoms with E-state index in [2.05, 4.69) is 15.2 Å². The van der Waals surface area contributed by atoms with Gasteiger partial charge >= 0.3 is 0 Å². The van der Waals surface area contributed by atoms with Crippen LogP contribution in [0.5, 0.6) is 0 Å². The normalized spacial score (nSPS) is 15.0. The van der Waals surface area contributed by atoms with Crippen LogP contribution in [0.1, 0.15) is 30.1 Å². The average Bonchev–Trinajstić information content (AvgIpc) is 3.11. The van der Waals surface area contributed by atoms with Crippen molar-refractivity contribution < 1.29 is 8.78 Å². The third-order valence-corrected chi connectivity index (χ3v) is 3.73. The third-order valence-electron chi connectivity index (χ3n) is 2.83. The average molecular weight is 267 g/mol. The van der Waals surface area contributed by atoms with Crippen LogP contribution in [-0.2, 0) is 5.75 Å². The number of rotatable bonds is 4. The van der Waals surface area contributed by atoms with Gasteiger partial charge in [-0.2, -0.15) is 0 Å². The summed E-state index contributed by atoms with van der Waals surface area (Å²) in [5, 5.41) is 7.52. The Bertz CT molecular complexity index is 566. The van der Waals surface area contributed by atoms with Crippen LogP contribution >= 0.6 is 11.8 Å². The summed E-state index contributed by atoms with van der Waals surface area (Å²) in [6.07, 6.45) is 2.30. The number of nitrogens with zero attached hydrogens (tertiary/aromatic N) is 2. The maximum Gasteiger partial charge on any atom is 0.208 e. The number of thioether (sulfide) groups is 1. The smallest absolute Gasteiger partial charge is 0.208 e. The first-order valence-corrected chi connectivity index (χ1v) is 6.70. The summed E-state index contributed by atoms with van der Waals surface area (Å²) in [6.45, 7) is 0. The molecule has 6 heteroatoms. The van der Waals surface area contributed by atoms with Crippen LogP contribution in [0.3, 0.4) is 0 Å². The first kappa shape index (κ1) is 11.6. The van der Waals surface area contributed by atoms with Crippen molar-refractivity contribution >= 4 is 11.8 Å². The number of H-pyrrole nitrogens is 1. The highest BCUT2D eigenvalue weighted by molar-refractivity contribution is 7.98. The molecule has 0 unspecified atom stereocenters. The topological polar surface area (TPSA) is 41.6 Å². The lowest BCUT2D eigenvalue weighted by atomic mass is 10.2. The Hall–Kier alpha value is -1.43. The zero-order valence-corrected chi connectivity index (χ0v) is 10.3. The van der Waals surface area contributed by atoms with Gasteiger partial charge in [0, 0.05) is 17.2 Å². The SMILES string of the molecule is Fc1cccc(CSc2n[nH]c(C3CC3)n2)c1F. The minimum Gasteiger partial charge on any atom is -0.262 e. The number of halogens is 2. The highest BCUT2D eigenvalue weighted by Crippen LogP contribution is 2.38. The first-order valence-electron chi connectivity index (χ1n) is 5.72. The van der Waals surface area contributed by atoms with Crippen LogP contribution in [0.2, 0.25) is 0 Å². The van der Waals surface area contributed by atoms with Crippen LogP contribution in [0, 0.1) is 11.6 Å². The molecule has 0 saturated heterocycles. The van der Waals surface area contributed by atoms with Gasteiger partial charge in [-0.25, -0.2) is 13.8 Å². The Labute approximate surface area is 107 Å². The fourth-order valence-corrected chi connectivity index (χ4v) is 2.44. The van der Waals surface area contributed by atoms with Crippen LogP contribution in [-0.4, -0.2) is 15.2 Å². The van der Waals surface area contributed by atoms with Gasteiger partial charge < -0.3 is 0 Å². The van der Waals surface area contributed by atoms with E-state index in [1.54, 1.807) is 6.07 Å². The molecule has 1 aromatic heterocycles. The Morgan fingerprint density at radius 3 is 2.94 bits per heavy atom. The predicted octanol–water partition coefficient (Wildman–Crippen LogP) is 3.25. The zero-order valence-electron chi connectivity index (χ0n) is 9.49. The molecule has 18 heavy (non-hydrogen) atoms. The molecule has 1 fully saturated rings. The van der Waals surface area contributed by atoms with E-state index in [4.69, 9.17) is 0 Å². The van der Waals surface area contributed by atoms with Gasteiger partial charge in [0.2, 0.25) is 5.16 Å². The molecule has 1 aromatic carbocycles. The number of hydrogen-bond donors (Lipinski definition) is 1. The molecular weight excluding hydrogens is 256 g/mol. The van der Waals surface area contributed by atoms with E-state index in [0.717, 1.165) is 24.7 Å². The molecule has 1 aliphatic carbocycles. The molecule has 0 bridgehead atoms. The van der Waals surface area contributed by atoms with E-state index in [1.165, 1.54) is 17.8 Å². The monoisotopic (exact) mass is 267 g/mol. The molecule has 1 saturated carbocycles. The number of hydrogen-bond acceptors (Lipinski definition) is 3. The second-order valence-electron chi connectivity index (χ2n) is 4.28. The highest BCUT2D eigenvalue weighted by Gasteiger charge is 2.27. The van der Waals surface area contributed by atoms with Gasteiger partial charge in [0.25, 0.3) is 0 Å². The van der Waals surface area contributed by atoms with Crippen LogP contribution in [0.25, 0.3) is 0 Å². The van der Waals surface area contributed by atoms with E-state index < -0.39 is 11.6 Å². The molecule has 1 heterocycles. The van der Waals surface area contributed by atoms with E-state index in [9.17, 15) is 8.78 Å². The lowest BCUT2D eigenvalue weighted by Crippen LogP contribution is -1.92. The number of nitrogens with one attached hydrogen (secondary N) is 1. The maximum absolute atomic E-state index is 13.4. The molecule has 0 amide bonds. The summed E-state index contributed by atoms with van der Waals surface area (Å²) in [4.78, 5) is 4.32. The van der Waals surface area contributed by atoms with Crippen LogP contribution in [0.15, 0.2) is 23.4 Å². The number of benzene rings is 1.